The van der Waals surface area contributed by atoms with Crippen molar-refractivity contribution >= 4 is 0 Å². The Morgan fingerprint density at radius 1 is 1.18 bits per heavy atom. The first-order chi connectivity index (χ1) is 8.36. The summed E-state index contributed by atoms with van der Waals surface area (Å²) in [4.78, 5) is 2.55. The van der Waals surface area contributed by atoms with Crippen molar-refractivity contribution in [2.45, 2.75) is 44.6 Å². The fourth-order valence-corrected chi connectivity index (χ4v) is 3.01. The van der Waals surface area contributed by atoms with E-state index < -0.39 is 0 Å². The molecule has 0 spiro atoms. The van der Waals surface area contributed by atoms with Crippen molar-refractivity contribution in [1.29, 1.82) is 0 Å². The summed E-state index contributed by atoms with van der Waals surface area (Å²) in [5, 5.41) is 3.58. The molecule has 0 radical (unpaired) electrons. The van der Waals surface area contributed by atoms with Crippen LogP contribution >= 0.6 is 0 Å². The van der Waals surface area contributed by atoms with Crippen LogP contribution in [0.4, 0.5) is 0 Å². The van der Waals surface area contributed by atoms with Gasteiger partial charge in [0.15, 0.2) is 0 Å². The van der Waals surface area contributed by atoms with Crippen molar-refractivity contribution in [3.63, 3.8) is 0 Å². The molecule has 0 bridgehead atoms. The first-order valence-corrected chi connectivity index (χ1v) is 7.35. The maximum Gasteiger partial charge on any atom is 0.0507 e. The molecule has 0 amide bonds. The number of nitrogens with zero attached hydrogens (tertiary/aromatic N) is 1. The van der Waals surface area contributed by atoms with Gasteiger partial charge in [-0.25, -0.2) is 0 Å². The molecule has 1 atom stereocenters. The van der Waals surface area contributed by atoms with Gasteiger partial charge in [-0.3, -0.25) is 0 Å². The highest BCUT2D eigenvalue weighted by Crippen LogP contribution is 2.21. The minimum atomic E-state index is 0.759. The molecule has 1 aliphatic carbocycles. The second-order valence-corrected chi connectivity index (χ2v) is 5.71. The standard InChI is InChI=1S/C14H28N2O/c1-16(14-5-3-2-4-6-14)9-8-15-11-13-7-10-17-12-13/h13-15H,2-12H2,1H3. The molecule has 0 aromatic rings. The van der Waals surface area contributed by atoms with E-state index >= 15 is 0 Å². The van der Waals surface area contributed by atoms with Crippen LogP contribution in [0.15, 0.2) is 0 Å². The topological polar surface area (TPSA) is 24.5 Å². The maximum absolute atomic E-state index is 5.38. The average molecular weight is 240 g/mol. The molecule has 17 heavy (non-hydrogen) atoms. The summed E-state index contributed by atoms with van der Waals surface area (Å²) in [6.07, 6.45) is 8.37. The molecule has 1 saturated carbocycles. The van der Waals surface area contributed by atoms with Gasteiger partial charge in [-0.15, -0.1) is 0 Å². The summed E-state index contributed by atoms with van der Waals surface area (Å²) in [5.41, 5.74) is 0. The third-order valence-corrected chi connectivity index (χ3v) is 4.30. The van der Waals surface area contributed by atoms with Gasteiger partial charge >= 0.3 is 0 Å². The molecule has 1 aliphatic heterocycles. The summed E-state index contributed by atoms with van der Waals surface area (Å²) in [6.45, 7) is 5.39. The number of ether oxygens (including phenoxy) is 1. The highest BCUT2D eigenvalue weighted by Gasteiger charge is 2.18. The first kappa shape index (κ1) is 13.3. The number of hydrogen-bond donors (Lipinski definition) is 1. The lowest BCUT2D eigenvalue weighted by molar-refractivity contribution is 0.181. The predicted molar refractivity (Wildman–Crippen MR) is 71.3 cm³/mol. The quantitative estimate of drug-likeness (QED) is 0.717. The van der Waals surface area contributed by atoms with E-state index in [9.17, 15) is 0 Å². The van der Waals surface area contributed by atoms with Crippen LogP contribution < -0.4 is 5.32 Å². The Morgan fingerprint density at radius 3 is 2.71 bits per heavy atom. The van der Waals surface area contributed by atoms with Crippen LogP contribution in [-0.4, -0.2) is 50.8 Å². The van der Waals surface area contributed by atoms with Crippen LogP contribution in [0, 0.1) is 5.92 Å². The van der Waals surface area contributed by atoms with Gasteiger partial charge in [0.25, 0.3) is 0 Å². The molecule has 0 aromatic heterocycles. The number of rotatable bonds is 6. The maximum atomic E-state index is 5.38. The van der Waals surface area contributed by atoms with Gasteiger partial charge in [-0.05, 0) is 32.2 Å². The van der Waals surface area contributed by atoms with Crippen molar-refractivity contribution in [2.75, 3.05) is 39.9 Å². The lowest BCUT2D eigenvalue weighted by Crippen LogP contribution is -2.39. The van der Waals surface area contributed by atoms with E-state index in [2.05, 4.69) is 17.3 Å². The van der Waals surface area contributed by atoms with Crippen molar-refractivity contribution < 1.29 is 4.74 Å². The summed E-state index contributed by atoms with van der Waals surface area (Å²) < 4.78 is 5.38. The average Bonchev–Trinajstić information content (AvgIpc) is 2.88. The Morgan fingerprint density at radius 2 is 2.00 bits per heavy atom. The van der Waals surface area contributed by atoms with Crippen molar-refractivity contribution in [1.82, 2.24) is 10.2 Å². The Balaban J connectivity index is 1.51. The molecule has 3 nitrogen and oxygen atoms in total. The first-order valence-electron chi connectivity index (χ1n) is 7.35. The lowest BCUT2D eigenvalue weighted by Gasteiger charge is -2.31. The molecule has 1 unspecified atom stereocenters. The van der Waals surface area contributed by atoms with E-state index in [-0.39, 0.29) is 0 Å². The van der Waals surface area contributed by atoms with Gasteiger partial charge in [-0.1, -0.05) is 19.3 Å². The third kappa shape index (κ3) is 4.57. The highest BCUT2D eigenvalue weighted by molar-refractivity contribution is 4.74. The van der Waals surface area contributed by atoms with E-state index in [0.29, 0.717) is 0 Å². The van der Waals surface area contributed by atoms with Crippen molar-refractivity contribution in [2.24, 2.45) is 5.92 Å². The van der Waals surface area contributed by atoms with E-state index in [1.54, 1.807) is 0 Å². The number of nitrogens with one attached hydrogen (secondary N) is 1. The van der Waals surface area contributed by atoms with Gasteiger partial charge in [0, 0.05) is 32.3 Å². The zero-order chi connectivity index (χ0) is 11.9. The smallest absolute Gasteiger partial charge is 0.0507 e. The minimum absolute atomic E-state index is 0.759. The monoisotopic (exact) mass is 240 g/mol. The molecule has 1 heterocycles. The molecule has 1 saturated heterocycles. The Bertz CT molecular complexity index is 198. The van der Waals surface area contributed by atoms with E-state index in [4.69, 9.17) is 4.74 Å². The molecule has 100 valence electrons. The third-order valence-electron chi connectivity index (χ3n) is 4.30. The molecule has 1 N–H and O–H groups in total. The highest BCUT2D eigenvalue weighted by atomic mass is 16.5. The summed E-state index contributed by atoms with van der Waals surface area (Å²) in [6, 6.07) is 0.848. The normalized spacial score (nSPS) is 26.8. The summed E-state index contributed by atoms with van der Waals surface area (Å²) >= 11 is 0. The van der Waals surface area contributed by atoms with Crippen molar-refractivity contribution in [3.05, 3.63) is 0 Å². The van der Waals surface area contributed by atoms with Crippen LogP contribution in [0.25, 0.3) is 0 Å². The van der Waals surface area contributed by atoms with Gasteiger partial charge in [-0.2, -0.15) is 0 Å². The zero-order valence-corrected chi connectivity index (χ0v) is 11.3. The Labute approximate surface area is 106 Å². The van der Waals surface area contributed by atoms with Crippen molar-refractivity contribution in [3.8, 4) is 0 Å². The zero-order valence-electron chi connectivity index (χ0n) is 11.3. The molecular weight excluding hydrogens is 212 g/mol. The molecule has 2 rings (SSSR count). The molecular formula is C14H28N2O. The van der Waals surface area contributed by atoms with Gasteiger partial charge in [0.1, 0.15) is 0 Å². The van der Waals surface area contributed by atoms with Crippen LogP contribution in [0.1, 0.15) is 38.5 Å². The number of hydrogen-bond acceptors (Lipinski definition) is 3. The van der Waals surface area contributed by atoms with Gasteiger partial charge < -0.3 is 15.0 Å². The largest absolute Gasteiger partial charge is 0.381 e. The fourth-order valence-electron chi connectivity index (χ4n) is 3.01. The molecule has 2 aliphatic rings. The summed E-state index contributed by atoms with van der Waals surface area (Å²) in [5.74, 6) is 0.759. The SMILES string of the molecule is CN(CCNCC1CCOC1)C1CCCCC1. The second-order valence-electron chi connectivity index (χ2n) is 5.71. The van der Waals surface area contributed by atoms with Crippen LogP contribution in [-0.2, 0) is 4.74 Å². The van der Waals surface area contributed by atoms with E-state index in [0.717, 1.165) is 38.3 Å². The molecule has 3 heteroatoms. The number of likely N-dealkylation sites (N-methyl/N-ethyl adjacent to an activating group) is 1. The minimum Gasteiger partial charge on any atom is -0.381 e. The van der Waals surface area contributed by atoms with Crippen LogP contribution in [0.3, 0.4) is 0 Å². The fraction of sp³-hybridized carbons (Fsp3) is 1.00. The molecule has 0 aromatic carbocycles. The van der Waals surface area contributed by atoms with E-state index in [1.165, 1.54) is 45.1 Å². The predicted octanol–water partition coefficient (Wildman–Crippen LogP) is 1.88. The Kier molecular flexibility index (Phi) is 5.75. The van der Waals surface area contributed by atoms with E-state index in [1.807, 2.05) is 0 Å². The van der Waals surface area contributed by atoms with Gasteiger partial charge in [0.2, 0.25) is 0 Å². The summed E-state index contributed by atoms with van der Waals surface area (Å²) in [7, 11) is 2.29. The lowest BCUT2D eigenvalue weighted by atomic mass is 9.94. The van der Waals surface area contributed by atoms with Crippen LogP contribution in [0.5, 0.6) is 0 Å². The van der Waals surface area contributed by atoms with Crippen LogP contribution in [0.2, 0.25) is 0 Å². The second kappa shape index (κ2) is 7.34. The molecule has 2 fully saturated rings. The Hall–Kier alpha value is -0.120. The van der Waals surface area contributed by atoms with Gasteiger partial charge in [0.05, 0.1) is 6.61 Å².